The molecule has 4 nitrogen and oxygen atoms in total. The van der Waals surface area contributed by atoms with Gasteiger partial charge in [0.2, 0.25) is 0 Å². The largest absolute Gasteiger partial charge is 0.458 e. The fraction of sp³-hybridized carbons (Fsp3) is 0.111. The van der Waals surface area contributed by atoms with E-state index >= 15 is 0 Å². The molecular formula is C27H23FN2O2. The summed E-state index contributed by atoms with van der Waals surface area (Å²) in [5.74, 6) is 0.361. The number of nitrogens with zero attached hydrogens (tertiary/aromatic N) is 2. The third kappa shape index (κ3) is 4.67. The van der Waals surface area contributed by atoms with E-state index in [0.717, 1.165) is 33.5 Å². The minimum Gasteiger partial charge on any atom is -0.458 e. The van der Waals surface area contributed by atoms with Gasteiger partial charge in [-0.15, -0.1) is 0 Å². The third-order valence-electron chi connectivity index (χ3n) is 5.24. The quantitative estimate of drug-likeness (QED) is 0.336. The van der Waals surface area contributed by atoms with Gasteiger partial charge in [-0.3, -0.25) is 9.78 Å². The van der Waals surface area contributed by atoms with Gasteiger partial charge in [0, 0.05) is 30.4 Å². The van der Waals surface area contributed by atoms with Gasteiger partial charge in [0.05, 0.1) is 5.69 Å². The van der Waals surface area contributed by atoms with Crippen LogP contribution in [0.2, 0.25) is 0 Å². The van der Waals surface area contributed by atoms with Crippen molar-refractivity contribution in [3.63, 3.8) is 0 Å². The Morgan fingerprint density at radius 2 is 1.94 bits per heavy atom. The van der Waals surface area contributed by atoms with Gasteiger partial charge >= 0.3 is 0 Å². The molecule has 2 heterocycles. The monoisotopic (exact) mass is 426 g/mol. The van der Waals surface area contributed by atoms with Crippen LogP contribution in [0.3, 0.4) is 0 Å². The van der Waals surface area contributed by atoms with E-state index < -0.39 is 5.83 Å². The molecule has 5 heteroatoms. The molecule has 1 amide bonds. The number of benzene rings is 2. The predicted molar refractivity (Wildman–Crippen MR) is 124 cm³/mol. The van der Waals surface area contributed by atoms with Crippen molar-refractivity contribution >= 4 is 5.91 Å². The molecule has 0 saturated heterocycles. The summed E-state index contributed by atoms with van der Waals surface area (Å²) in [4.78, 5) is 19.3. The maximum Gasteiger partial charge on any atom is 0.255 e. The molecule has 0 atom stereocenters. The number of aryl methyl sites for hydroxylation is 1. The van der Waals surface area contributed by atoms with Crippen molar-refractivity contribution in [2.24, 2.45) is 0 Å². The smallest absolute Gasteiger partial charge is 0.255 e. The van der Waals surface area contributed by atoms with Crippen LogP contribution < -0.4 is 4.74 Å². The van der Waals surface area contributed by atoms with E-state index in [1.165, 1.54) is 12.2 Å². The highest BCUT2D eigenvalue weighted by Crippen LogP contribution is 2.31. The van der Waals surface area contributed by atoms with Crippen molar-refractivity contribution < 1.29 is 13.9 Å². The van der Waals surface area contributed by atoms with Crippen LogP contribution in [-0.2, 0) is 13.1 Å². The first-order valence-corrected chi connectivity index (χ1v) is 10.2. The van der Waals surface area contributed by atoms with E-state index in [1.54, 1.807) is 18.3 Å². The van der Waals surface area contributed by atoms with E-state index in [1.807, 2.05) is 48.2 Å². The molecule has 0 unspecified atom stereocenters. The molecule has 0 aliphatic carbocycles. The van der Waals surface area contributed by atoms with Crippen LogP contribution in [0.5, 0.6) is 5.75 Å². The van der Waals surface area contributed by atoms with Gasteiger partial charge in [-0.2, -0.15) is 0 Å². The van der Waals surface area contributed by atoms with Crippen molar-refractivity contribution in [1.29, 1.82) is 0 Å². The lowest BCUT2D eigenvalue weighted by Crippen LogP contribution is -2.23. The lowest BCUT2D eigenvalue weighted by molar-refractivity contribution is 0.0766. The van der Waals surface area contributed by atoms with Crippen molar-refractivity contribution in [2.75, 3.05) is 0 Å². The van der Waals surface area contributed by atoms with Gasteiger partial charge in [0.15, 0.2) is 0 Å². The highest BCUT2D eigenvalue weighted by molar-refractivity contribution is 6.00. The Bertz CT molecular complexity index is 1210. The summed E-state index contributed by atoms with van der Waals surface area (Å²) in [5.41, 5.74) is 5.66. The van der Waals surface area contributed by atoms with E-state index in [9.17, 15) is 9.18 Å². The molecule has 4 rings (SSSR count). The number of carbonyl (C=O) groups excluding carboxylic acids is 1. The Morgan fingerprint density at radius 1 is 1.16 bits per heavy atom. The van der Waals surface area contributed by atoms with Crippen LogP contribution in [0, 0.1) is 6.92 Å². The second-order valence-corrected chi connectivity index (χ2v) is 7.70. The maximum atomic E-state index is 13.0. The van der Waals surface area contributed by atoms with Crippen molar-refractivity contribution in [1.82, 2.24) is 9.88 Å². The summed E-state index contributed by atoms with van der Waals surface area (Å²) in [6.45, 7) is 9.90. The Balaban J connectivity index is 1.46. The molecule has 0 saturated carbocycles. The predicted octanol–water partition coefficient (Wildman–Crippen LogP) is 6.14. The number of pyridine rings is 1. The molecule has 1 aliphatic rings. The molecule has 32 heavy (non-hydrogen) atoms. The average Bonchev–Trinajstić information content (AvgIpc) is 3.10. The average molecular weight is 426 g/mol. The zero-order chi connectivity index (χ0) is 22.7. The van der Waals surface area contributed by atoms with Crippen LogP contribution in [0.4, 0.5) is 4.39 Å². The molecular weight excluding hydrogens is 403 g/mol. The number of halogens is 1. The molecule has 1 aliphatic heterocycles. The summed E-state index contributed by atoms with van der Waals surface area (Å²) in [7, 11) is 0. The molecule has 3 aromatic rings. The fourth-order valence-electron chi connectivity index (χ4n) is 3.79. The molecule has 0 N–H and O–H groups in total. The highest BCUT2D eigenvalue weighted by Gasteiger charge is 2.29. The molecule has 160 valence electrons. The van der Waals surface area contributed by atoms with Crippen LogP contribution >= 0.6 is 0 Å². The summed E-state index contributed by atoms with van der Waals surface area (Å²) < 4.78 is 18.3. The van der Waals surface area contributed by atoms with E-state index in [-0.39, 0.29) is 5.91 Å². The number of ether oxygens (including phenoxy) is 1. The van der Waals surface area contributed by atoms with Crippen LogP contribution in [0.25, 0.3) is 11.3 Å². The standard InChI is InChI=1S/C27H23FN2O2/c1-18-14-22(25-6-4-5-13-29-25)15-23-17-30(27(31)26(18)23)16-21-9-11-24(12-10-21)32-20(3)8-7-19(2)28/h4-15H,2-3,16-17H2,1H3/b8-7-. The Morgan fingerprint density at radius 3 is 2.62 bits per heavy atom. The Kier molecular flexibility index (Phi) is 5.99. The van der Waals surface area contributed by atoms with Gasteiger partial charge in [-0.05, 0) is 72.2 Å². The van der Waals surface area contributed by atoms with E-state index in [4.69, 9.17) is 4.74 Å². The number of fused-ring (bicyclic) bond motifs is 1. The first-order valence-electron chi connectivity index (χ1n) is 10.2. The van der Waals surface area contributed by atoms with Crippen molar-refractivity contribution in [2.45, 2.75) is 20.0 Å². The highest BCUT2D eigenvalue weighted by atomic mass is 19.1. The summed E-state index contributed by atoms with van der Waals surface area (Å²) in [6, 6.07) is 17.3. The second kappa shape index (κ2) is 9.02. The van der Waals surface area contributed by atoms with Crippen molar-refractivity contribution in [3.8, 4) is 17.0 Å². The first kappa shape index (κ1) is 21.2. The van der Waals surface area contributed by atoms with Gasteiger partial charge in [-0.1, -0.05) is 31.4 Å². The van der Waals surface area contributed by atoms with Gasteiger partial charge in [0.1, 0.15) is 17.3 Å². The number of aromatic nitrogens is 1. The number of hydrogen-bond acceptors (Lipinski definition) is 3. The number of allylic oxidation sites excluding steroid dienone is 3. The normalized spacial score (nSPS) is 12.8. The first-order chi connectivity index (χ1) is 15.4. The zero-order valence-corrected chi connectivity index (χ0v) is 17.8. The number of rotatable bonds is 7. The topological polar surface area (TPSA) is 42.4 Å². The maximum absolute atomic E-state index is 13.0. The molecule has 0 radical (unpaired) electrons. The summed E-state index contributed by atoms with van der Waals surface area (Å²) in [6.07, 6.45) is 4.37. The van der Waals surface area contributed by atoms with Crippen molar-refractivity contribution in [3.05, 3.63) is 120 Å². The Hall–Kier alpha value is -3.99. The minimum absolute atomic E-state index is 0.0374. The van der Waals surface area contributed by atoms with Gasteiger partial charge in [-0.25, -0.2) is 4.39 Å². The minimum atomic E-state index is -0.566. The van der Waals surface area contributed by atoms with Gasteiger partial charge in [0.25, 0.3) is 5.91 Å². The van der Waals surface area contributed by atoms with Crippen LogP contribution in [0.1, 0.15) is 27.0 Å². The van der Waals surface area contributed by atoms with Crippen LogP contribution in [-0.4, -0.2) is 15.8 Å². The van der Waals surface area contributed by atoms with E-state index in [0.29, 0.717) is 24.6 Å². The lowest BCUT2D eigenvalue weighted by Gasteiger charge is -2.16. The fourth-order valence-corrected chi connectivity index (χ4v) is 3.79. The molecule has 0 fully saturated rings. The number of carbonyl (C=O) groups is 1. The third-order valence-corrected chi connectivity index (χ3v) is 5.24. The molecule has 1 aromatic heterocycles. The lowest BCUT2D eigenvalue weighted by atomic mass is 9.98. The number of hydrogen-bond donors (Lipinski definition) is 0. The molecule has 0 bridgehead atoms. The zero-order valence-electron chi connectivity index (χ0n) is 17.8. The number of amides is 1. The van der Waals surface area contributed by atoms with Crippen LogP contribution in [0.15, 0.2) is 97.7 Å². The molecule has 2 aromatic carbocycles. The SMILES string of the molecule is C=C(F)/C=C\C(=C)Oc1ccc(CN2Cc3cc(-c4ccccn4)cc(C)c3C2=O)cc1. The second-order valence-electron chi connectivity index (χ2n) is 7.70. The summed E-state index contributed by atoms with van der Waals surface area (Å²) in [5, 5.41) is 0. The van der Waals surface area contributed by atoms with E-state index in [2.05, 4.69) is 24.2 Å². The molecule has 0 spiro atoms. The van der Waals surface area contributed by atoms with Gasteiger partial charge < -0.3 is 9.64 Å². The summed E-state index contributed by atoms with van der Waals surface area (Å²) >= 11 is 0. The Labute approximate surface area is 187 Å².